The summed E-state index contributed by atoms with van der Waals surface area (Å²) in [5, 5.41) is 0.745. The van der Waals surface area contributed by atoms with Crippen LogP contribution in [0.1, 0.15) is 0 Å². The van der Waals surface area contributed by atoms with E-state index in [-0.39, 0.29) is 0 Å². The third-order valence-corrected chi connectivity index (χ3v) is 6.83. The van der Waals surface area contributed by atoms with Crippen LogP contribution in [0.2, 0.25) is 5.02 Å². The maximum absolute atomic E-state index is 6.07. The van der Waals surface area contributed by atoms with Gasteiger partial charge in [-0.15, -0.1) is 0 Å². The Morgan fingerprint density at radius 1 is 0.324 bits per heavy atom. The summed E-state index contributed by atoms with van der Waals surface area (Å²) < 4.78 is 0. The van der Waals surface area contributed by atoms with E-state index in [1.807, 2.05) is 24.3 Å². The summed E-state index contributed by atoms with van der Waals surface area (Å²) in [5.41, 5.74) is 11.1. The zero-order valence-corrected chi connectivity index (χ0v) is 20.9. The van der Waals surface area contributed by atoms with E-state index in [4.69, 9.17) is 16.6 Å². The smallest absolute Gasteiger partial charge is 0.0715 e. The molecular formula is C35H24ClN. The van der Waals surface area contributed by atoms with E-state index >= 15 is 0 Å². The Hall–Kier alpha value is -4.46. The van der Waals surface area contributed by atoms with Gasteiger partial charge in [-0.25, -0.2) is 4.98 Å². The highest BCUT2D eigenvalue weighted by molar-refractivity contribution is 6.30. The van der Waals surface area contributed by atoms with Crippen LogP contribution in [0.15, 0.2) is 146 Å². The van der Waals surface area contributed by atoms with Crippen molar-refractivity contribution in [2.45, 2.75) is 0 Å². The van der Waals surface area contributed by atoms with Gasteiger partial charge in [0, 0.05) is 16.1 Å². The molecule has 2 heteroatoms. The fourth-order valence-corrected chi connectivity index (χ4v) is 4.69. The normalized spacial score (nSPS) is 10.8. The first kappa shape index (κ1) is 23.0. The van der Waals surface area contributed by atoms with Gasteiger partial charge in [0.2, 0.25) is 0 Å². The quantitative estimate of drug-likeness (QED) is 0.233. The molecule has 176 valence electrons. The third-order valence-electron chi connectivity index (χ3n) is 6.58. The van der Waals surface area contributed by atoms with Gasteiger partial charge in [-0.05, 0) is 57.6 Å². The lowest BCUT2D eigenvalue weighted by Gasteiger charge is -2.12. The van der Waals surface area contributed by atoms with Gasteiger partial charge in [-0.3, -0.25) is 0 Å². The molecule has 0 bridgehead atoms. The first-order valence-corrected chi connectivity index (χ1v) is 12.7. The largest absolute Gasteiger partial charge is 0.248 e. The molecule has 0 fully saturated rings. The zero-order valence-electron chi connectivity index (χ0n) is 20.2. The molecule has 0 aliphatic heterocycles. The number of hydrogen-bond donors (Lipinski definition) is 0. The molecule has 0 spiro atoms. The van der Waals surface area contributed by atoms with Crippen molar-refractivity contribution in [3.63, 3.8) is 0 Å². The standard InChI is InChI=1S/C35H24ClN/c36-33-21-19-28(20-22-33)27-11-13-29(14-12-27)32-23-34(30-9-5-2-6-10-30)37-35(24-32)31-17-15-26(16-18-31)25-7-3-1-4-8-25/h1-24H. The Morgan fingerprint density at radius 2 is 0.649 bits per heavy atom. The number of nitrogens with zero attached hydrogens (tertiary/aromatic N) is 1. The van der Waals surface area contributed by atoms with E-state index < -0.39 is 0 Å². The second kappa shape index (κ2) is 10.3. The molecule has 1 nitrogen and oxygen atoms in total. The Labute approximate surface area is 222 Å². The highest BCUT2D eigenvalue weighted by atomic mass is 35.5. The summed E-state index contributed by atoms with van der Waals surface area (Å²) >= 11 is 6.07. The molecule has 1 heterocycles. The minimum absolute atomic E-state index is 0.745. The monoisotopic (exact) mass is 493 g/mol. The molecule has 6 rings (SSSR count). The number of hydrogen-bond acceptors (Lipinski definition) is 1. The van der Waals surface area contributed by atoms with E-state index in [9.17, 15) is 0 Å². The maximum atomic E-state index is 6.07. The van der Waals surface area contributed by atoms with Crippen molar-refractivity contribution in [2.24, 2.45) is 0 Å². The molecular weight excluding hydrogens is 470 g/mol. The molecule has 0 saturated heterocycles. The topological polar surface area (TPSA) is 12.9 Å². The van der Waals surface area contributed by atoms with Crippen LogP contribution in [-0.4, -0.2) is 4.98 Å². The van der Waals surface area contributed by atoms with Gasteiger partial charge in [0.25, 0.3) is 0 Å². The SMILES string of the molecule is Clc1ccc(-c2ccc(-c3cc(-c4ccccc4)nc(-c4ccc(-c5ccccc5)cc4)c3)cc2)cc1. The van der Waals surface area contributed by atoms with Crippen LogP contribution in [-0.2, 0) is 0 Å². The molecule has 1 aromatic heterocycles. The highest BCUT2D eigenvalue weighted by Crippen LogP contribution is 2.32. The first-order chi connectivity index (χ1) is 18.2. The highest BCUT2D eigenvalue weighted by Gasteiger charge is 2.10. The Balaban J connectivity index is 1.40. The van der Waals surface area contributed by atoms with Crippen molar-refractivity contribution >= 4 is 11.6 Å². The third kappa shape index (κ3) is 5.09. The summed E-state index contributed by atoms with van der Waals surface area (Å²) in [4.78, 5) is 5.06. The van der Waals surface area contributed by atoms with Gasteiger partial charge < -0.3 is 0 Å². The Morgan fingerprint density at radius 3 is 1.14 bits per heavy atom. The molecule has 37 heavy (non-hydrogen) atoms. The van der Waals surface area contributed by atoms with Crippen LogP contribution in [0.4, 0.5) is 0 Å². The summed E-state index contributed by atoms with van der Waals surface area (Å²) in [7, 11) is 0. The van der Waals surface area contributed by atoms with Crippen molar-refractivity contribution in [3.05, 3.63) is 151 Å². The van der Waals surface area contributed by atoms with Crippen LogP contribution in [0.25, 0.3) is 55.9 Å². The number of benzene rings is 5. The van der Waals surface area contributed by atoms with Crippen molar-refractivity contribution in [1.82, 2.24) is 4.98 Å². The van der Waals surface area contributed by atoms with E-state index in [1.54, 1.807) is 0 Å². The average Bonchev–Trinajstić information content (AvgIpc) is 2.98. The summed E-state index contributed by atoms with van der Waals surface area (Å²) in [6.45, 7) is 0. The molecule has 0 saturated carbocycles. The fraction of sp³-hybridized carbons (Fsp3) is 0. The van der Waals surface area contributed by atoms with Gasteiger partial charge in [0.1, 0.15) is 0 Å². The lowest BCUT2D eigenvalue weighted by molar-refractivity contribution is 1.32. The van der Waals surface area contributed by atoms with Crippen LogP contribution in [0.3, 0.4) is 0 Å². The second-order valence-electron chi connectivity index (χ2n) is 9.02. The van der Waals surface area contributed by atoms with Crippen LogP contribution in [0, 0.1) is 0 Å². The summed E-state index contributed by atoms with van der Waals surface area (Å²) in [5.74, 6) is 0. The first-order valence-electron chi connectivity index (χ1n) is 12.3. The molecule has 6 aromatic rings. The zero-order chi connectivity index (χ0) is 25.0. The van der Waals surface area contributed by atoms with Gasteiger partial charge in [-0.2, -0.15) is 0 Å². The maximum Gasteiger partial charge on any atom is 0.0715 e. The van der Waals surface area contributed by atoms with Crippen LogP contribution < -0.4 is 0 Å². The minimum atomic E-state index is 0.745. The molecule has 5 aromatic carbocycles. The Bertz CT molecular complexity index is 1620. The van der Waals surface area contributed by atoms with Crippen molar-refractivity contribution in [3.8, 4) is 55.9 Å². The summed E-state index contributed by atoms with van der Waals surface area (Å²) in [6, 6.07) is 50.5. The number of halogens is 1. The van der Waals surface area contributed by atoms with Crippen molar-refractivity contribution in [2.75, 3.05) is 0 Å². The van der Waals surface area contributed by atoms with E-state index in [0.29, 0.717) is 0 Å². The van der Waals surface area contributed by atoms with Crippen LogP contribution in [0.5, 0.6) is 0 Å². The average molecular weight is 494 g/mol. The molecule has 0 atom stereocenters. The van der Waals surface area contributed by atoms with Crippen molar-refractivity contribution < 1.29 is 0 Å². The van der Waals surface area contributed by atoms with E-state index in [2.05, 4.69) is 121 Å². The Kier molecular flexibility index (Phi) is 6.37. The van der Waals surface area contributed by atoms with Gasteiger partial charge in [0.15, 0.2) is 0 Å². The van der Waals surface area contributed by atoms with E-state index in [0.717, 1.165) is 49.8 Å². The molecule has 0 aliphatic carbocycles. The number of aromatic nitrogens is 1. The van der Waals surface area contributed by atoms with Gasteiger partial charge >= 0.3 is 0 Å². The van der Waals surface area contributed by atoms with E-state index in [1.165, 1.54) is 11.1 Å². The predicted molar refractivity (Wildman–Crippen MR) is 156 cm³/mol. The number of pyridine rings is 1. The molecule has 0 N–H and O–H groups in total. The predicted octanol–water partition coefficient (Wildman–Crippen LogP) is 10.1. The molecule has 0 radical (unpaired) electrons. The molecule has 0 amide bonds. The molecule has 0 aliphatic rings. The van der Waals surface area contributed by atoms with Gasteiger partial charge in [0.05, 0.1) is 11.4 Å². The fourth-order valence-electron chi connectivity index (χ4n) is 4.56. The van der Waals surface area contributed by atoms with Crippen LogP contribution >= 0.6 is 11.6 Å². The summed E-state index contributed by atoms with van der Waals surface area (Å²) in [6.07, 6.45) is 0. The number of rotatable bonds is 5. The minimum Gasteiger partial charge on any atom is -0.248 e. The lowest BCUT2D eigenvalue weighted by Crippen LogP contribution is -1.91. The van der Waals surface area contributed by atoms with Gasteiger partial charge in [-0.1, -0.05) is 133 Å². The second-order valence-corrected chi connectivity index (χ2v) is 9.46. The van der Waals surface area contributed by atoms with Crippen molar-refractivity contribution in [1.29, 1.82) is 0 Å². The lowest BCUT2D eigenvalue weighted by atomic mass is 9.97. The molecule has 0 unspecified atom stereocenters.